The van der Waals surface area contributed by atoms with Crippen molar-refractivity contribution in [2.75, 3.05) is 86.2 Å². The number of halogens is 2. The van der Waals surface area contributed by atoms with Crippen LogP contribution < -0.4 is 25.0 Å². The van der Waals surface area contributed by atoms with Crippen LogP contribution in [0.25, 0.3) is 0 Å². The summed E-state index contributed by atoms with van der Waals surface area (Å²) in [5.74, 6) is -0.880. The molecule has 2 aromatic rings. The number of carbonyl (C=O) groups excluding carboxylic acids is 2. The Hall–Kier alpha value is -4.74. The number of aliphatic hydroxyl groups is 3. The minimum Gasteiger partial charge on any atom is -0.441 e. The number of nitrogens with zero attached hydrogens (tertiary/aromatic N) is 7. The Balaban J connectivity index is 0.000000233. The topological polar surface area (TPSA) is 166 Å². The molecular weight excluding hydrogens is 610 g/mol. The normalized spacial score (nSPS) is 20.2. The zero-order chi connectivity index (χ0) is 32.5. The van der Waals surface area contributed by atoms with E-state index in [0.717, 1.165) is 7.11 Å². The SMILES string of the molecule is C.CN1CCN(c2ccc(N3C[C@H](CO)OC3=O)cc2F)C=N1.CO.O=C1O[C@@H](CO)CN1c1ccc(N2C=NNCC2)c(F)c1. The minimum absolute atomic E-state index is 0. The third-order valence-electron chi connectivity index (χ3n) is 7.07. The van der Waals surface area contributed by atoms with Gasteiger partial charge in [0, 0.05) is 27.2 Å². The molecule has 2 amide bonds. The van der Waals surface area contributed by atoms with E-state index in [0.29, 0.717) is 48.9 Å². The van der Waals surface area contributed by atoms with Crippen molar-refractivity contribution in [1.82, 2.24) is 10.4 Å². The quantitative estimate of drug-likeness (QED) is 0.359. The molecule has 6 rings (SSSR count). The summed E-state index contributed by atoms with van der Waals surface area (Å²) in [5.41, 5.74) is 4.41. The van der Waals surface area contributed by atoms with Crippen molar-refractivity contribution in [2.45, 2.75) is 19.6 Å². The Morgan fingerprint density at radius 3 is 1.70 bits per heavy atom. The van der Waals surface area contributed by atoms with Crippen LogP contribution in [0.1, 0.15) is 7.43 Å². The number of hydrogen-bond acceptors (Lipinski definition) is 13. The number of hydrazone groups is 2. The molecule has 2 atom stereocenters. The smallest absolute Gasteiger partial charge is 0.414 e. The van der Waals surface area contributed by atoms with Crippen molar-refractivity contribution >= 4 is 47.6 Å². The molecule has 2 aromatic carbocycles. The summed E-state index contributed by atoms with van der Waals surface area (Å²) in [7, 11) is 2.85. The van der Waals surface area contributed by atoms with Gasteiger partial charge in [-0.2, -0.15) is 10.2 Å². The number of likely N-dealkylation sites (N-methyl/N-ethyl adjacent to an activating group) is 1. The number of amides is 2. The average molecular weight is 651 g/mol. The fourth-order valence-corrected chi connectivity index (χ4v) is 4.74. The molecule has 0 saturated carbocycles. The number of benzene rings is 2. The Morgan fingerprint density at radius 1 is 0.826 bits per heavy atom. The summed E-state index contributed by atoms with van der Waals surface area (Å²) in [6, 6.07) is 9.10. The van der Waals surface area contributed by atoms with E-state index < -0.39 is 36.0 Å². The Labute approximate surface area is 265 Å². The highest BCUT2D eigenvalue weighted by atomic mass is 19.1. The number of hydrogen-bond donors (Lipinski definition) is 4. The molecule has 4 N–H and O–H groups in total. The first-order chi connectivity index (χ1) is 21.8. The lowest BCUT2D eigenvalue weighted by Crippen LogP contribution is -2.36. The number of aliphatic hydroxyl groups excluding tert-OH is 3. The van der Waals surface area contributed by atoms with Gasteiger partial charge >= 0.3 is 12.2 Å². The largest absolute Gasteiger partial charge is 0.441 e. The molecule has 4 heterocycles. The summed E-state index contributed by atoms with van der Waals surface area (Å²) >= 11 is 0. The lowest BCUT2D eigenvalue weighted by Gasteiger charge is -2.28. The van der Waals surface area contributed by atoms with E-state index in [1.54, 1.807) is 45.4 Å². The first-order valence-electron chi connectivity index (χ1n) is 14.0. The van der Waals surface area contributed by atoms with Gasteiger partial charge < -0.3 is 40.0 Å². The molecule has 0 spiro atoms. The first-order valence-corrected chi connectivity index (χ1v) is 14.0. The van der Waals surface area contributed by atoms with Crippen LogP contribution in [0.4, 0.5) is 41.1 Å². The van der Waals surface area contributed by atoms with E-state index in [1.807, 2.05) is 7.05 Å². The van der Waals surface area contributed by atoms with E-state index in [4.69, 9.17) is 24.8 Å². The molecule has 17 heteroatoms. The highest BCUT2D eigenvalue weighted by Gasteiger charge is 2.33. The molecular formula is C29H40F2N8O7. The second-order valence-electron chi connectivity index (χ2n) is 10.0. The van der Waals surface area contributed by atoms with Crippen LogP contribution in [0.3, 0.4) is 0 Å². The van der Waals surface area contributed by atoms with Crippen molar-refractivity contribution in [3.05, 3.63) is 48.0 Å². The van der Waals surface area contributed by atoms with E-state index >= 15 is 0 Å². The Bertz CT molecular complexity index is 1400. The molecule has 0 unspecified atom stereocenters. The maximum absolute atomic E-state index is 14.3. The lowest BCUT2D eigenvalue weighted by molar-refractivity contribution is 0.0960. The predicted octanol–water partition coefficient (Wildman–Crippen LogP) is 1.58. The number of carbonyl (C=O) groups is 2. The van der Waals surface area contributed by atoms with Crippen LogP contribution in [0.5, 0.6) is 0 Å². The van der Waals surface area contributed by atoms with Crippen LogP contribution in [0, 0.1) is 11.6 Å². The highest BCUT2D eigenvalue weighted by molar-refractivity contribution is 5.91. The van der Waals surface area contributed by atoms with E-state index in [-0.39, 0.29) is 33.7 Å². The fraction of sp³-hybridized carbons (Fsp3) is 0.448. The van der Waals surface area contributed by atoms with Crippen molar-refractivity contribution in [3.8, 4) is 0 Å². The van der Waals surface area contributed by atoms with E-state index in [9.17, 15) is 18.4 Å². The molecule has 0 aliphatic carbocycles. The summed E-state index contributed by atoms with van der Waals surface area (Å²) in [6.45, 7) is 2.50. The molecule has 0 bridgehead atoms. The van der Waals surface area contributed by atoms with Crippen LogP contribution in [-0.4, -0.2) is 124 Å². The van der Waals surface area contributed by atoms with Gasteiger partial charge in [-0.3, -0.25) is 14.8 Å². The number of rotatable bonds is 6. The zero-order valence-electron chi connectivity index (χ0n) is 24.8. The van der Waals surface area contributed by atoms with Crippen molar-refractivity contribution in [2.24, 2.45) is 10.2 Å². The van der Waals surface area contributed by atoms with Crippen molar-refractivity contribution in [3.63, 3.8) is 0 Å². The third-order valence-corrected chi connectivity index (χ3v) is 7.07. The second kappa shape index (κ2) is 16.5. The molecule has 4 aliphatic heterocycles. The van der Waals surface area contributed by atoms with Gasteiger partial charge in [-0.25, -0.2) is 18.4 Å². The molecule has 252 valence electrons. The van der Waals surface area contributed by atoms with Crippen LogP contribution in [0.15, 0.2) is 46.6 Å². The third kappa shape index (κ3) is 8.29. The summed E-state index contributed by atoms with van der Waals surface area (Å²) in [5, 5.41) is 34.8. The maximum atomic E-state index is 14.3. The monoisotopic (exact) mass is 650 g/mol. The summed E-state index contributed by atoms with van der Waals surface area (Å²) in [4.78, 5) is 29.4. The Kier molecular flexibility index (Phi) is 12.8. The zero-order valence-corrected chi connectivity index (χ0v) is 24.8. The van der Waals surface area contributed by atoms with Gasteiger partial charge in [-0.15, -0.1) is 0 Å². The summed E-state index contributed by atoms with van der Waals surface area (Å²) < 4.78 is 38.5. The molecule has 0 radical (unpaired) electrons. The van der Waals surface area contributed by atoms with Crippen LogP contribution >= 0.6 is 0 Å². The molecule has 0 aromatic heterocycles. The van der Waals surface area contributed by atoms with Crippen molar-refractivity contribution < 1.29 is 43.2 Å². The van der Waals surface area contributed by atoms with Gasteiger partial charge in [0.05, 0.1) is 62.1 Å². The van der Waals surface area contributed by atoms with Gasteiger partial charge in [0.1, 0.15) is 36.5 Å². The molecule has 4 aliphatic rings. The minimum atomic E-state index is -0.579. The lowest BCUT2D eigenvalue weighted by atomic mass is 10.2. The number of cyclic esters (lactones) is 2. The van der Waals surface area contributed by atoms with Gasteiger partial charge in [0.25, 0.3) is 0 Å². The second-order valence-corrected chi connectivity index (χ2v) is 10.0. The number of nitrogens with one attached hydrogen (secondary N) is 1. The van der Waals surface area contributed by atoms with Gasteiger partial charge in [0.2, 0.25) is 0 Å². The van der Waals surface area contributed by atoms with Crippen LogP contribution in [0.2, 0.25) is 0 Å². The molecule has 46 heavy (non-hydrogen) atoms. The van der Waals surface area contributed by atoms with E-state index in [2.05, 4.69) is 15.6 Å². The highest BCUT2D eigenvalue weighted by Crippen LogP contribution is 2.29. The molecule has 2 fully saturated rings. The van der Waals surface area contributed by atoms with E-state index in [1.165, 1.54) is 28.3 Å². The average Bonchev–Trinajstić information content (AvgIpc) is 3.64. The summed E-state index contributed by atoms with van der Waals surface area (Å²) in [6.07, 6.45) is 0.805. The molecule has 15 nitrogen and oxygen atoms in total. The standard InChI is InChI=1S/C14H17FN4O3.C13H15FN4O3.CH4O.CH4/c1-17-4-5-18(9-16-17)13-3-2-10(6-12(13)15)19-7-11(8-20)22-14(19)21;14-11-5-9(18-6-10(7-19)21-13(18)20)1-2-12(11)17-4-3-15-16-8-17;1-2;/h2-3,6,9,11,20H,4-5,7-8H2,1H3;1-2,5,8,10,15,19H,3-4,6-7H2;2H,1H3;1H4/t11-;10-;;/m11../s1. The Morgan fingerprint density at radius 2 is 1.33 bits per heavy atom. The predicted molar refractivity (Wildman–Crippen MR) is 169 cm³/mol. The van der Waals surface area contributed by atoms with Gasteiger partial charge in [-0.05, 0) is 36.4 Å². The van der Waals surface area contributed by atoms with Crippen LogP contribution in [-0.2, 0) is 9.47 Å². The number of anilines is 4. The van der Waals surface area contributed by atoms with Crippen molar-refractivity contribution in [1.29, 1.82) is 0 Å². The molecule has 2 saturated heterocycles. The number of ether oxygens (including phenoxy) is 2. The van der Waals surface area contributed by atoms with Gasteiger partial charge in [-0.1, -0.05) is 7.43 Å². The first kappa shape index (κ1) is 35.7. The maximum Gasteiger partial charge on any atom is 0.414 e. The van der Waals surface area contributed by atoms with Gasteiger partial charge in [0.15, 0.2) is 0 Å². The fourth-order valence-electron chi connectivity index (χ4n) is 4.74.